The zero-order chi connectivity index (χ0) is 16.8. The normalized spacial score (nSPS) is 13.0. The van der Waals surface area contributed by atoms with Crippen molar-refractivity contribution in [3.8, 4) is 11.3 Å². The van der Waals surface area contributed by atoms with E-state index in [4.69, 9.17) is 5.73 Å². The Kier molecular flexibility index (Phi) is 8.39. The molecule has 24 heavy (non-hydrogen) atoms. The number of aryl methyl sites for hydroxylation is 1. The van der Waals surface area contributed by atoms with Crippen molar-refractivity contribution in [1.82, 2.24) is 10.3 Å². The van der Waals surface area contributed by atoms with E-state index in [2.05, 4.69) is 39.9 Å². The number of carbonyl (C=O) groups excluding carboxylic acids is 1. The maximum absolute atomic E-state index is 11.9. The number of hydrogen-bond acceptors (Lipinski definition) is 4. The predicted molar refractivity (Wildman–Crippen MR) is 104 cm³/mol. The third-order valence-corrected chi connectivity index (χ3v) is 4.91. The molecule has 0 bridgehead atoms. The van der Waals surface area contributed by atoms with Crippen LogP contribution in [0.5, 0.6) is 0 Å². The molecule has 6 heteroatoms. The number of benzene rings is 1. The van der Waals surface area contributed by atoms with Gasteiger partial charge in [0, 0.05) is 17.5 Å². The molecular formula is C18H26ClN3OS. The number of hydrogen-bond donors (Lipinski definition) is 2. The fourth-order valence-electron chi connectivity index (χ4n) is 2.30. The van der Waals surface area contributed by atoms with Gasteiger partial charge in [0.05, 0.1) is 16.7 Å². The maximum Gasteiger partial charge on any atom is 0.237 e. The van der Waals surface area contributed by atoms with Gasteiger partial charge < -0.3 is 11.1 Å². The number of nitrogens with two attached hydrogens (primary N) is 1. The Bertz CT molecular complexity index is 642. The summed E-state index contributed by atoms with van der Waals surface area (Å²) in [6.07, 6.45) is 1.71. The zero-order valence-corrected chi connectivity index (χ0v) is 16.0. The highest BCUT2D eigenvalue weighted by Crippen LogP contribution is 2.21. The molecule has 2 unspecified atom stereocenters. The van der Waals surface area contributed by atoms with Crippen LogP contribution >= 0.6 is 23.7 Å². The van der Waals surface area contributed by atoms with Gasteiger partial charge in [0.15, 0.2) is 0 Å². The van der Waals surface area contributed by atoms with Crippen LogP contribution in [0.25, 0.3) is 11.3 Å². The lowest BCUT2D eigenvalue weighted by molar-refractivity contribution is -0.123. The predicted octanol–water partition coefficient (Wildman–Crippen LogP) is 3.57. The average molecular weight is 368 g/mol. The van der Waals surface area contributed by atoms with E-state index >= 15 is 0 Å². The van der Waals surface area contributed by atoms with Crippen LogP contribution < -0.4 is 11.1 Å². The third-order valence-electron chi connectivity index (χ3n) is 4.14. The minimum absolute atomic E-state index is 0. The highest BCUT2D eigenvalue weighted by atomic mass is 35.5. The number of amides is 1. The van der Waals surface area contributed by atoms with E-state index in [1.807, 2.05) is 20.8 Å². The standard InChI is InChI=1S/C18H25N3OS.ClH/c1-4-12(2)17(19)18(22)20-10-9-14-5-7-15(8-6-14)16-11-23-13(3)21-16;/h5-8,11-12,17H,4,9-10,19H2,1-3H3,(H,20,22);1H. The Labute approximate surface area is 154 Å². The molecule has 0 aliphatic rings. The highest BCUT2D eigenvalue weighted by molar-refractivity contribution is 7.09. The van der Waals surface area contributed by atoms with Crippen molar-refractivity contribution in [2.75, 3.05) is 6.54 Å². The van der Waals surface area contributed by atoms with Gasteiger partial charge >= 0.3 is 0 Å². The van der Waals surface area contributed by atoms with Crippen molar-refractivity contribution < 1.29 is 4.79 Å². The zero-order valence-electron chi connectivity index (χ0n) is 14.4. The number of rotatable bonds is 7. The van der Waals surface area contributed by atoms with Gasteiger partial charge in [-0.1, -0.05) is 44.5 Å². The summed E-state index contributed by atoms with van der Waals surface area (Å²) in [7, 11) is 0. The van der Waals surface area contributed by atoms with Gasteiger partial charge in [-0.25, -0.2) is 4.98 Å². The van der Waals surface area contributed by atoms with Crippen molar-refractivity contribution >= 4 is 29.7 Å². The molecule has 1 heterocycles. The topological polar surface area (TPSA) is 68.0 Å². The van der Waals surface area contributed by atoms with Gasteiger partial charge in [0.2, 0.25) is 5.91 Å². The molecule has 2 aromatic rings. The molecule has 132 valence electrons. The monoisotopic (exact) mass is 367 g/mol. The first-order valence-corrected chi connectivity index (χ1v) is 8.94. The summed E-state index contributed by atoms with van der Waals surface area (Å²) >= 11 is 1.66. The fourth-order valence-corrected chi connectivity index (χ4v) is 2.92. The third kappa shape index (κ3) is 5.58. The van der Waals surface area contributed by atoms with Gasteiger partial charge in [-0.15, -0.1) is 23.7 Å². The van der Waals surface area contributed by atoms with E-state index in [-0.39, 0.29) is 24.2 Å². The highest BCUT2D eigenvalue weighted by Gasteiger charge is 2.18. The summed E-state index contributed by atoms with van der Waals surface area (Å²) < 4.78 is 0. The van der Waals surface area contributed by atoms with Crippen LogP contribution in [0, 0.1) is 12.8 Å². The molecule has 0 aliphatic carbocycles. The number of carbonyl (C=O) groups is 1. The molecule has 0 aliphatic heterocycles. The van der Waals surface area contributed by atoms with E-state index < -0.39 is 6.04 Å². The quantitative estimate of drug-likeness (QED) is 0.786. The second-order valence-corrected chi connectivity index (χ2v) is 6.96. The fraction of sp³-hybridized carbons (Fsp3) is 0.444. The molecule has 0 radical (unpaired) electrons. The van der Waals surface area contributed by atoms with E-state index in [0.717, 1.165) is 29.1 Å². The van der Waals surface area contributed by atoms with Crippen LogP contribution in [0.3, 0.4) is 0 Å². The van der Waals surface area contributed by atoms with Crippen LogP contribution in [0.15, 0.2) is 29.6 Å². The molecule has 4 nitrogen and oxygen atoms in total. The number of aromatic nitrogens is 1. The maximum atomic E-state index is 11.9. The molecule has 1 amide bonds. The van der Waals surface area contributed by atoms with Crippen molar-refractivity contribution in [2.45, 2.75) is 39.7 Å². The largest absolute Gasteiger partial charge is 0.354 e. The Morgan fingerprint density at radius 1 is 1.33 bits per heavy atom. The van der Waals surface area contributed by atoms with Gasteiger partial charge in [-0.3, -0.25) is 4.79 Å². The summed E-state index contributed by atoms with van der Waals surface area (Å²) in [6.45, 7) is 6.67. The van der Waals surface area contributed by atoms with Gasteiger partial charge in [-0.2, -0.15) is 0 Å². The Morgan fingerprint density at radius 3 is 2.54 bits per heavy atom. The van der Waals surface area contributed by atoms with E-state index in [9.17, 15) is 4.79 Å². The van der Waals surface area contributed by atoms with Crippen molar-refractivity contribution in [2.24, 2.45) is 11.7 Å². The molecule has 1 aromatic carbocycles. The lowest BCUT2D eigenvalue weighted by Crippen LogP contribution is -2.45. The van der Waals surface area contributed by atoms with Crippen molar-refractivity contribution in [3.05, 3.63) is 40.2 Å². The summed E-state index contributed by atoms with van der Waals surface area (Å²) in [5.74, 6) is 0.143. The second kappa shape index (κ2) is 9.77. The Balaban J connectivity index is 0.00000288. The first-order valence-electron chi connectivity index (χ1n) is 8.06. The minimum Gasteiger partial charge on any atom is -0.354 e. The number of nitrogens with zero attached hydrogens (tertiary/aromatic N) is 1. The molecule has 0 saturated heterocycles. The van der Waals surface area contributed by atoms with Gasteiger partial charge in [0.25, 0.3) is 0 Å². The summed E-state index contributed by atoms with van der Waals surface area (Å²) in [4.78, 5) is 16.4. The Morgan fingerprint density at radius 2 is 2.00 bits per heavy atom. The molecule has 0 fully saturated rings. The first kappa shape index (κ1) is 20.6. The van der Waals surface area contributed by atoms with Crippen molar-refractivity contribution in [1.29, 1.82) is 0 Å². The molecule has 0 spiro atoms. The molecule has 3 N–H and O–H groups in total. The molecule has 2 atom stereocenters. The second-order valence-electron chi connectivity index (χ2n) is 5.90. The van der Waals surface area contributed by atoms with E-state index in [1.165, 1.54) is 5.56 Å². The van der Waals surface area contributed by atoms with Gasteiger partial charge in [0.1, 0.15) is 0 Å². The molecular weight excluding hydrogens is 342 g/mol. The van der Waals surface area contributed by atoms with Crippen LogP contribution in [0.1, 0.15) is 30.8 Å². The molecule has 1 aromatic heterocycles. The molecule has 0 saturated carbocycles. The first-order chi connectivity index (χ1) is 11.0. The Hall–Kier alpha value is -1.43. The number of nitrogens with one attached hydrogen (secondary N) is 1. The summed E-state index contributed by atoms with van der Waals surface area (Å²) in [5, 5.41) is 6.06. The van der Waals surface area contributed by atoms with Gasteiger partial charge in [-0.05, 0) is 24.8 Å². The van der Waals surface area contributed by atoms with Crippen molar-refractivity contribution in [3.63, 3.8) is 0 Å². The van der Waals surface area contributed by atoms with Crippen LogP contribution in [0.4, 0.5) is 0 Å². The summed E-state index contributed by atoms with van der Waals surface area (Å²) in [6, 6.07) is 7.91. The number of halogens is 1. The van der Waals surface area contributed by atoms with Crippen LogP contribution in [-0.2, 0) is 11.2 Å². The average Bonchev–Trinajstić information content (AvgIpc) is 3.00. The smallest absolute Gasteiger partial charge is 0.237 e. The van der Waals surface area contributed by atoms with Crippen LogP contribution in [0.2, 0.25) is 0 Å². The van der Waals surface area contributed by atoms with E-state index in [0.29, 0.717) is 6.54 Å². The number of thiazole rings is 1. The van der Waals surface area contributed by atoms with Crippen LogP contribution in [-0.4, -0.2) is 23.5 Å². The SMILES string of the molecule is CCC(C)C(N)C(=O)NCCc1ccc(-c2csc(C)n2)cc1.Cl. The minimum atomic E-state index is -0.421. The summed E-state index contributed by atoms with van der Waals surface area (Å²) in [5.41, 5.74) is 9.26. The lowest BCUT2D eigenvalue weighted by Gasteiger charge is -2.17. The van der Waals surface area contributed by atoms with E-state index in [1.54, 1.807) is 11.3 Å². The lowest BCUT2D eigenvalue weighted by atomic mass is 9.99. The molecule has 2 rings (SSSR count).